The zero-order valence-electron chi connectivity index (χ0n) is 11.6. The second-order valence-electron chi connectivity index (χ2n) is 5.85. The average Bonchev–Trinajstić information content (AvgIpc) is 2.68. The molecule has 1 aromatic heterocycles. The maximum atomic E-state index is 10.6. The minimum absolute atomic E-state index is 0.117. The van der Waals surface area contributed by atoms with Gasteiger partial charge in [0.05, 0.1) is 6.10 Å². The molecule has 2 heterocycles. The van der Waals surface area contributed by atoms with Crippen molar-refractivity contribution in [3.8, 4) is 0 Å². The average molecular weight is 267 g/mol. The van der Waals surface area contributed by atoms with Gasteiger partial charge in [0.25, 0.3) is 0 Å². The monoisotopic (exact) mass is 267 g/mol. The molecule has 0 saturated carbocycles. The van der Waals surface area contributed by atoms with Crippen LogP contribution in [0.4, 0.5) is 0 Å². The van der Waals surface area contributed by atoms with Crippen molar-refractivity contribution in [3.63, 3.8) is 0 Å². The van der Waals surface area contributed by atoms with E-state index in [2.05, 4.69) is 36.3 Å². The number of aliphatic hydroxyl groups excluding tert-OH is 1. The van der Waals surface area contributed by atoms with Crippen molar-refractivity contribution in [2.75, 3.05) is 13.1 Å². The molecular formula is C15H25NOS. The summed E-state index contributed by atoms with van der Waals surface area (Å²) in [5.74, 6) is 0. The zero-order chi connectivity index (χ0) is 13.0. The van der Waals surface area contributed by atoms with Gasteiger partial charge in [-0.15, -0.1) is 11.3 Å². The number of likely N-dealkylation sites (tertiary alicyclic amines) is 1. The van der Waals surface area contributed by atoms with Crippen LogP contribution in [0, 0.1) is 0 Å². The lowest BCUT2D eigenvalue weighted by Crippen LogP contribution is -2.53. The lowest BCUT2D eigenvalue weighted by Gasteiger charge is -2.41. The topological polar surface area (TPSA) is 23.5 Å². The fraction of sp³-hybridized carbons (Fsp3) is 0.733. The molecule has 2 rings (SSSR count). The van der Waals surface area contributed by atoms with Gasteiger partial charge in [0.1, 0.15) is 0 Å². The van der Waals surface area contributed by atoms with Gasteiger partial charge in [-0.1, -0.05) is 18.9 Å². The Labute approximate surface area is 115 Å². The van der Waals surface area contributed by atoms with Gasteiger partial charge in [0, 0.05) is 16.8 Å². The summed E-state index contributed by atoms with van der Waals surface area (Å²) in [4.78, 5) is 3.77. The van der Waals surface area contributed by atoms with Crippen molar-refractivity contribution >= 4 is 11.3 Å². The van der Waals surface area contributed by atoms with Crippen LogP contribution >= 0.6 is 11.3 Å². The summed E-state index contributed by atoms with van der Waals surface area (Å²) in [6.07, 6.45) is 5.72. The molecule has 1 aromatic rings. The van der Waals surface area contributed by atoms with Crippen LogP contribution in [0.15, 0.2) is 17.5 Å². The smallest absolute Gasteiger partial charge is 0.0766 e. The third kappa shape index (κ3) is 3.34. The van der Waals surface area contributed by atoms with Crippen LogP contribution in [-0.4, -0.2) is 34.7 Å². The van der Waals surface area contributed by atoms with E-state index in [1.54, 1.807) is 11.3 Å². The highest BCUT2D eigenvalue weighted by atomic mass is 32.1. The minimum atomic E-state index is -0.283. The maximum Gasteiger partial charge on any atom is 0.0766 e. The summed E-state index contributed by atoms with van der Waals surface area (Å²) in [5, 5.41) is 12.6. The molecular weight excluding hydrogens is 242 g/mol. The molecule has 102 valence electrons. The molecule has 0 radical (unpaired) electrons. The van der Waals surface area contributed by atoms with Gasteiger partial charge in [-0.3, -0.25) is 4.90 Å². The molecule has 2 nitrogen and oxygen atoms in total. The van der Waals surface area contributed by atoms with E-state index in [1.807, 2.05) is 0 Å². The zero-order valence-corrected chi connectivity index (χ0v) is 12.4. The van der Waals surface area contributed by atoms with E-state index >= 15 is 0 Å². The normalized spacial score (nSPS) is 20.6. The fourth-order valence-electron chi connectivity index (χ4n) is 2.73. The molecule has 1 aliphatic rings. The van der Waals surface area contributed by atoms with Crippen molar-refractivity contribution < 1.29 is 5.11 Å². The molecule has 3 heteroatoms. The van der Waals surface area contributed by atoms with Gasteiger partial charge in [-0.25, -0.2) is 0 Å². The lowest BCUT2D eigenvalue weighted by atomic mass is 9.91. The molecule has 0 aliphatic carbocycles. The first-order valence-electron chi connectivity index (χ1n) is 7.06. The summed E-state index contributed by atoms with van der Waals surface area (Å²) in [6.45, 7) is 6.65. The molecule has 0 bridgehead atoms. The molecule has 1 fully saturated rings. The van der Waals surface area contributed by atoms with E-state index in [4.69, 9.17) is 0 Å². The summed E-state index contributed by atoms with van der Waals surface area (Å²) >= 11 is 1.74. The largest absolute Gasteiger partial charge is 0.391 e. The molecule has 0 spiro atoms. The van der Waals surface area contributed by atoms with Crippen LogP contribution in [0.5, 0.6) is 0 Å². The van der Waals surface area contributed by atoms with E-state index in [0.29, 0.717) is 0 Å². The predicted octanol–water partition coefficient (Wildman–Crippen LogP) is 3.31. The quantitative estimate of drug-likeness (QED) is 0.904. The Morgan fingerprint density at radius 1 is 1.28 bits per heavy atom. The summed E-state index contributed by atoms with van der Waals surface area (Å²) in [6, 6.07) is 4.18. The van der Waals surface area contributed by atoms with Crippen molar-refractivity contribution in [2.24, 2.45) is 0 Å². The molecule has 0 amide bonds. The highest BCUT2D eigenvalue weighted by Gasteiger charge is 2.34. The first-order valence-corrected chi connectivity index (χ1v) is 7.94. The molecule has 0 aromatic carbocycles. The molecule has 1 saturated heterocycles. The lowest BCUT2D eigenvalue weighted by molar-refractivity contribution is -0.00745. The van der Waals surface area contributed by atoms with E-state index < -0.39 is 0 Å². The van der Waals surface area contributed by atoms with E-state index in [9.17, 15) is 5.11 Å². The van der Waals surface area contributed by atoms with Crippen LogP contribution in [0.2, 0.25) is 0 Å². The molecule has 1 atom stereocenters. The Morgan fingerprint density at radius 3 is 2.50 bits per heavy atom. The van der Waals surface area contributed by atoms with Crippen molar-refractivity contribution in [1.29, 1.82) is 0 Å². The number of hydrogen-bond acceptors (Lipinski definition) is 3. The third-order valence-corrected chi connectivity index (χ3v) is 5.11. The number of thiophene rings is 1. The SMILES string of the molecule is CC(C)(C(O)Cc1cccs1)N1CCCCCC1. The second kappa shape index (κ2) is 6.18. The first-order chi connectivity index (χ1) is 8.60. The Morgan fingerprint density at radius 2 is 1.94 bits per heavy atom. The highest BCUT2D eigenvalue weighted by Crippen LogP contribution is 2.26. The number of nitrogens with zero attached hydrogens (tertiary/aromatic N) is 1. The summed E-state index contributed by atoms with van der Waals surface area (Å²) < 4.78 is 0. The van der Waals surface area contributed by atoms with Crippen LogP contribution in [0.25, 0.3) is 0 Å². The minimum Gasteiger partial charge on any atom is -0.391 e. The third-order valence-electron chi connectivity index (χ3n) is 4.21. The Bertz CT molecular complexity index is 339. The van der Waals surface area contributed by atoms with Crippen molar-refractivity contribution in [3.05, 3.63) is 22.4 Å². The fourth-order valence-corrected chi connectivity index (χ4v) is 3.47. The second-order valence-corrected chi connectivity index (χ2v) is 6.89. The Balaban J connectivity index is 1.99. The van der Waals surface area contributed by atoms with Crippen LogP contribution in [0.1, 0.15) is 44.4 Å². The molecule has 18 heavy (non-hydrogen) atoms. The summed E-state index contributed by atoms with van der Waals surface area (Å²) in [7, 11) is 0. The standard InChI is InChI=1S/C15H25NOS/c1-15(2,16-9-5-3-4-6-10-16)14(17)12-13-8-7-11-18-13/h7-8,11,14,17H,3-6,9-10,12H2,1-2H3. The van der Waals surface area contributed by atoms with Crippen LogP contribution in [0.3, 0.4) is 0 Å². The van der Waals surface area contributed by atoms with Crippen molar-refractivity contribution in [2.45, 2.75) is 57.6 Å². The van der Waals surface area contributed by atoms with Gasteiger partial charge in [0.2, 0.25) is 0 Å². The van der Waals surface area contributed by atoms with Gasteiger partial charge in [-0.05, 0) is 51.2 Å². The van der Waals surface area contributed by atoms with E-state index in [-0.39, 0.29) is 11.6 Å². The van der Waals surface area contributed by atoms with Crippen LogP contribution < -0.4 is 0 Å². The van der Waals surface area contributed by atoms with Crippen molar-refractivity contribution in [1.82, 2.24) is 4.90 Å². The van der Waals surface area contributed by atoms with E-state index in [0.717, 1.165) is 19.5 Å². The number of rotatable bonds is 4. The predicted molar refractivity (Wildman–Crippen MR) is 78.1 cm³/mol. The molecule has 1 N–H and O–H groups in total. The maximum absolute atomic E-state index is 10.6. The Kier molecular flexibility index (Phi) is 4.82. The first kappa shape index (κ1) is 14.0. The van der Waals surface area contributed by atoms with E-state index in [1.165, 1.54) is 30.6 Å². The number of aliphatic hydroxyl groups is 1. The highest BCUT2D eigenvalue weighted by molar-refractivity contribution is 7.09. The Hall–Kier alpha value is -0.380. The van der Waals surface area contributed by atoms with Gasteiger partial charge >= 0.3 is 0 Å². The van der Waals surface area contributed by atoms with Gasteiger partial charge in [0.15, 0.2) is 0 Å². The summed E-state index contributed by atoms with van der Waals surface area (Å²) in [5.41, 5.74) is -0.117. The van der Waals surface area contributed by atoms with Gasteiger partial charge < -0.3 is 5.11 Å². The number of hydrogen-bond donors (Lipinski definition) is 1. The van der Waals surface area contributed by atoms with Gasteiger partial charge in [-0.2, -0.15) is 0 Å². The molecule has 1 aliphatic heterocycles. The molecule has 1 unspecified atom stereocenters. The van der Waals surface area contributed by atoms with Crippen LogP contribution in [-0.2, 0) is 6.42 Å².